The maximum Gasteiger partial charge on any atom is 0.408 e. The smallest absolute Gasteiger partial charge is 0.408 e. The lowest BCUT2D eigenvalue weighted by atomic mass is 9.85. The Bertz CT molecular complexity index is 2000. The molecule has 1 aliphatic heterocycles. The topological polar surface area (TPSA) is 182 Å². The lowest BCUT2D eigenvalue weighted by Crippen LogP contribution is -2.59. The first kappa shape index (κ1) is 38.7. The molecule has 2 aromatic heterocycles. The summed E-state index contributed by atoms with van der Waals surface area (Å²) in [5, 5.41) is 20.8. The number of benzene rings is 1. The quantitative estimate of drug-likeness (QED) is 0.187. The monoisotopic (exact) mass is 779 g/mol. The number of alkyl carbamates (subject to hydrolysis) is 1. The largest absolute Gasteiger partial charge is 0.495 e. The summed E-state index contributed by atoms with van der Waals surface area (Å²) in [5.74, 6) is 0.275. The van der Waals surface area contributed by atoms with Gasteiger partial charge in [0.15, 0.2) is 0 Å². The number of rotatable bonds is 12. The van der Waals surface area contributed by atoms with Crippen LogP contribution in [0, 0.1) is 23.2 Å². The van der Waals surface area contributed by atoms with Crippen LogP contribution in [0.15, 0.2) is 28.8 Å². The first-order valence-corrected chi connectivity index (χ1v) is 19.5. The summed E-state index contributed by atoms with van der Waals surface area (Å²) in [7, 11) is 1.51. The number of aliphatic carboxylic acids is 1. The fourth-order valence-corrected chi connectivity index (χ4v) is 8.58. The molecule has 296 valence electrons. The van der Waals surface area contributed by atoms with Gasteiger partial charge in [0.25, 0.3) is 0 Å². The number of hydrogen-bond donors (Lipinski definition) is 3. The van der Waals surface area contributed by atoms with E-state index in [-0.39, 0.29) is 35.9 Å². The second kappa shape index (κ2) is 14.5. The zero-order valence-corrected chi connectivity index (χ0v) is 33.1. The molecule has 3 heterocycles. The standard InChI is InChI=1S/C40H50ClN5O9/c1-8-22-17-40(22,37(49)50)44-35(47)28-14-24(18-46(28)36(48)34(39(4,5)6)43-38(51)54-23-12-20-11-21(20)13-23)53-31-15-26(27-16-30(19(2)3)55-45-27)42-33-25(31)9-10-29(52-7)32(33)41/h9-10,15-16,19-24,28,34H,8,11-14,17-18H2,1-7H3,(H,43,51)(H,44,47)(H,49,50)/t20-,21+,22-,23+,24-,28+,34-,40-/m1/s1. The third-order valence-corrected chi connectivity index (χ3v) is 12.1. The van der Waals surface area contributed by atoms with Crippen molar-refractivity contribution in [3.63, 3.8) is 0 Å². The molecule has 0 unspecified atom stereocenters. The molecule has 15 heteroatoms. The Labute approximate surface area is 324 Å². The summed E-state index contributed by atoms with van der Waals surface area (Å²) in [5.41, 5.74) is -0.916. The van der Waals surface area contributed by atoms with Gasteiger partial charge in [0, 0.05) is 29.9 Å². The molecule has 14 nitrogen and oxygen atoms in total. The summed E-state index contributed by atoms with van der Waals surface area (Å²) in [6.07, 6.45) is 2.11. The molecule has 7 rings (SSSR count). The average molecular weight is 780 g/mol. The fraction of sp³-hybridized carbons (Fsp3) is 0.600. The number of aromatic nitrogens is 2. The molecule has 3 aromatic rings. The van der Waals surface area contributed by atoms with Crippen LogP contribution >= 0.6 is 11.6 Å². The number of pyridine rings is 1. The number of halogens is 1. The number of amides is 3. The van der Waals surface area contributed by atoms with Crippen LogP contribution in [0.25, 0.3) is 22.3 Å². The zero-order valence-electron chi connectivity index (χ0n) is 32.3. The van der Waals surface area contributed by atoms with E-state index in [1.165, 1.54) is 18.4 Å². The molecule has 3 amide bonds. The molecule has 4 fully saturated rings. The van der Waals surface area contributed by atoms with Crippen LogP contribution < -0.4 is 20.1 Å². The van der Waals surface area contributed by atoms with Gasteiger partial charge >= 0.3 is 12.1 Å². The molecule has 4 aliphatic rings. The number of likely N-dealkylation sites (tertiary alicyclic amines) is 1. The fourth-order valence-electron chi connectivity index (χ4n) is 8.30. The molecule has 8 atom stereocenters. The number of carboxylic acids is 1. The summed E-state index contributed by atoms with van der Waals surface area (Å²) in [6.45, 7) is 11.3. The van der Waals surface area contributed by atoms with E-state index in [1.807, 2.05) is 41.5 Å². The van der Waals surface area contributed by atoms with Gasteiger partial charge in [0.05, 0.1) is 24.9 Å². The van der Waals surface area contributed by atoms with E-state index in [2.05, 4.69) is 15.8 Å². The van der Waals surface area contributed by atoms with Gasteiger partial charge in [-0.2, -0.15) is 0 Å². The molecule has 1 saturated heterocycles. The van der Waals surface area contributed by atoms with E-state index in [4.69, 9.17) is 35.3 Å². The molecular formula is C40H50ClN5O9. The average Bonchev–Trinajstić information content (AvgIpc) is 3.77. The van der Waals surface area contributed by atoms with Gasteiger partial charge in [-0.15, -0.1) is 0 Å². The van der Waals surface area contributed by atoms with Crippen LogP contribution in [0.3, 0.4) is 0 Å². The van der Waals surface area contributed by atoms with Gasteiger partial charge in [-0.3, -0.25) is 9.59 Å². The predicted molar refractivity (Wildman–Crippen MR) is 202 cm³/mol. The lowest BCUT2D eigenvalue weighted by molar-refractivity contribution is -0.146. The predicted octanol–water partition coefficient (Wildman–Crippen LogP) is 6.33. The molecule has 3 N–H and O–H groups in total. The second-order valence-electron chi connectivity index (χ2n) is 17.0. The van der Waals surface area contributed by atoms with Crippen molar-refractivity contribution in [1.82, 2.24) is 25.7 Å². The third kappa shape index (κ3) is 7.53. The summed E-state index contributed by atoms with van der Waals surface area (Å²) >= 11 is 6.79. The number of carbonyl (C=O) groups excluding carboxylic acids is 3. The Morgan fingerprint density at radius 3 is 2.38 bits per heavy atom. The number of nitrogens with one attached hydrogen (secondary N) is 2. The van der Waals surface area contributed by atoms with Crippen molar-refractivity contribution in [1.29, 1.82) is 0 Å². The van der Waals surface area contributed by atoms with Crippen molar-refractivity contribution in [2.45, 2.75) is 116 Å². The van der Waals surface area contributed by atoms with Gasteiger partial charge in [0.2, 0.25) is 11.8 Å². The van der Waals surface area contributed by atoms with Crippen LogP contribution in [0.2, 0.25) is 5.02 Å². The number of hydrogen-bond acceptors (Lipinski definition) is 10. The highest BCUT2D eigenvalue weighted by molar-refractivity contribution is 6.36. The SMILES string of the molecule is CC[C@@H]1C[C@]1(NC(=O)[C@@H]1C[C@@H](Oc2cc(-c3cc(C(C)C)on3)nc3c(Cl)c(OC)ccc23)CN1C(=O)[C@@H](NC(=O)O[C@@H]1C[C@@H]2C[C@@H]2C1)C(C)(C)C)C(=O)O. The number of nitrogens with zero attached hydrogens (tertiary/aromatic N) is 3. The third-order valence-electron chi connectivity index (χ3n) is 11.7. The highest BCUT2D eigenvalue weighted by Crippen LogP contribution is 2.52. The Balaban J connectivity index is 1.20. The maximum absolute atomic E-state index is 14.6. The van der Waals surface area contributed by atoms with Crippen molar-refractivity contribution in [3.05, 3.63) is 35.0 Å². The zero-order chi connectivity index (χ0) is 39.6. The minimum absolute atomic E-state index is 0.0337. The highest BCUT2D eigenvalue weighted by atomic mass is 35.5. The molecule has 0 bridgehead atoms. The van der Waals surface area contributed by atoms with Gasteiger partial charge in [-0.1, -0.05) is 64.7 Å². The lowest BCUT2D eigenvalue weighted by Gasteiger charge is -2.35. The van der Waals surface area contributed by atoms with Crippen molar-refractivity contribution >= 4 is 46.4 Å². The first-order chi connectivity index (χ1) is 26.0. The van der Waals surface area contributed by atoms with Gasteiger partial charge in [0.1, 0.15) is 57.8 Å². The maximum atomic E-state index is 14.6. The van der Waals surface area contributed by atoms with E-state index < -0.39 is 53.0 Å². The normalized spacial score (nSPS) is 27.4. The minimum Gasteiger partial charge on any atom is -0.495 e. The molecule has 0 radical (unpaired) electrons. The van der Waals surface area contributed by atoms with Crippen LogP contribution in [0.4, 0.5) is 4.79 Å². The van der Waals surface area contributed by atoms with E-state index in [1.54, 1.807) is 24.3 Å². The number of methoxy groups -OCH3 is 1. The van der Waals surface area contributed by atoms with Crippen LogP contribution in [0.5, 0.6) is 11.5 Å². The van der Waals surface area contributed by atoms with Crippen LogP contribution in [-0.4, -0.2) is 87.5 Å². The second-order valence-corrected chi connectivity index (χ2v) is 17.4. The van der Waals surface area contributed by atoms with Crippen molar-refractivity contribution in [3.8, 4) is 22.9 Å². The molecule has 3 saturated carbocycles. The van der Waals surface area contributed by atoms with Gasteiger partial charge in [-0.05, 0) is 61.0 Å². The Kier molecular flexibility index (Phi) is 10.2. The summed E-state index contributed by atoms with van der Waals surface area (Å²) < 4.78 is 23.5. The summed E-state index contributed by atoms with van der Waals surface area (Å²) in [4.78, 5) is 60.6. The van der Waals surface area contributed by atoms with Crippen molar-refractivity contribution in [2.75, 3.05) is 13.7 Å². The Hall–Kier alpha value is -4.59. The summed E-state index contributed by atoms with van der Waals surface area (Å²) in [6, 6.07) is 4.81. The number of carboxylic acid groups (broad SMARTS) is 1. The molecular weight excluding hydrogens is 730 g/mol. The van der Waals surface area contributed by atoms with E-state index in [0.717, 1.165) is 12.8 Å². The van der Waals surface area contributed by atoms with Crippen LogP contribution in [0.1, 0.15) is 91.7 Å². The van der Waals surface area contributed by atoms with Crippen molar-refractivity contribution < 1.29 is 43.0 Å². The van der Waals surface area contributed by atoms with Crippen molar-refractivity contribution in [2.24, 2.45) is 23.2 Å². The number of ether oxygens (including phenoxy) is 3. The van der Waals surface area contributed by atoms with E-state index >= 15 is 0 Å². The van der Waals surface area contributed by atoms with Crippen LogP contribution in [-0.2, 0) is 19.1 Å². The number of fused-ring (bicyclic) bond motifs is 2. The minimum atomic E-state index is -1.41. The Morgan fingerprint density at radius 1 is 1.05 bits per heavy atom. The molecule has 3 aliphatic carbocycles. The molecule has 1 aromatic carbocycles. The Morgan fingerprint density at radius 2 is 1.78 bits per heavy atom. The van der Waals surface area contributed by atoms with E-state index in [9.17, 15) is 24.3 Å². The number of carbonyl (C=O) groups is 4. The van der Waals surface area contributed by atoms with Gasteiger partial charge in [-0.25, -0.2) is 14.6 Å². The van der Waals surface area contributed by atoms with E-state index in [0.29, 0.717) is 64.2 Å². The highest BCUT2D eigenvalue weighted by Gasteiger charge is 2.61. The molecule has 0 spiro atoms. The first-order valence-electron chi connectivity index (χ1n) is 19.2. The van der Waals surface area contributed by atoms with Gasteiger partial charge < -0.3 is 39.4 Å². The molecule has 55 heavy (non-hydrogen) atoms.